The van der Waals surface area contributed by atoms with Gasteiger partial charge in [0, 0.05) is 19.6 Å². The molecule has 3 rings (SSSR count). The van der Waals surface area contributed by atoms with Crippen LogP contribution in [0.15, 0.2) is 36.4 Å². The molecular weight excluding hydrogens is 324 g/mol. The zero-order chi connectivity index (χ0) is 18.0. The first-order valence-corrected chi connectivity index (χ1v) is 7.75. The van der Waals surface area contributed by atoms with Crippen LogP contribution in [-0.4, -0.2) is 40.0 Å². The summed E-state index contributed by atoms with van der Waals surface area (Å²) in [5, 5.41) is 0. The SMILES string of the molecule is COc1ccc2c(c1)O[C@](Cc1ccc(OC)c(OC)c1)(OC)C2=O. The number of carbonyl (C=O) groups excluding carboxylic acids is 1. The summed E-state index contributed by atoms with van der Waals surface area (Å²) in [5.41, 5.74) is 1.30. The number of ether oxygens (including phenoxy) is 5. The number of hydrogen-bond acceptors (Lipinski definition) is 6. The van der Waals surface area contributed by atoms with Gasteiger partial charge in [0.05, 0.1) is 26.9 Å². The number of rotatable bonds is 6. The lowest BCUT2D eigenvalue weighted by molar-refractivity contribution is -0.117. The molecule has 0 saturated heterocycles. The first-order chi connectivity index (χ1) is 12.1. The number of hydrogen-bond donors (Lipinski definition) is 0. The van der Waals surface area contributed by atoms with Gasteiger partial charge < -0.3 is 23.7 Å². The first kappa shape index (κ1) is 17.1. The Morgan fingerprint density at radius 2 is 1.68 bits per heavy atom. The molecule has 0 aliphatic carbocycles. The Hall–Kier alpha value is -2.73. The zero-order valence-corrected chi connectivity index (χ0v) is 14.6. The van der Waals surface area contributed by atoms with Gasteiger partial charge in [0.2, 0.25) is 5.78 Å². The van der Waals surface area contributed by atoms with E-state index in [1.807, 2.05) is 6.07 Å². The highest BCUT2D eigenvalue weighted by Gasteiger charge is 2.49. The number of benzene rings is 2. The van der Waals surface area contributed by atoms with Crippen LogP contribution in [0.25, 0.3) is 0 Å². The van der Waals surface area contributed by atoms with Crippen LogP contribution in [0, 0.1) is 0 Å². The van der Waals surface area contributed by atoms with Crippen LogP contribution in [0.5, 0.6) is 23.0 Å². The summed E-state index contributed by atoms with van der Waals surface area (Å²) in [5.74, 6) is 0.632. The third kappa shape index (κ3) is 2.89. The van der Waals surface area contributed by atoms with Gasteiger partial charge >= 0.3 is 0 Å². The molecule has 25 heavy (non-hydrogen) atoms. The van der Waals surface area contributed by atoms with Crippen molar-refractivity contribution in [1.29, 1.82) is 0 Å². The molecule has 2 aromatic rings. The Morgan fingerprint density at radius 1 is 0.920 bits per heavy atom. The van der Waals surface area contributed by atoms with Gasteiger partial charge in [-0.1, -0.05) is 6.07 Å². The fourth-order valence-corrected chi connectivity index (χ4v) is 2.91. The Kier molecular flexibility index (Phi) is 4.55. The molecule has 0 spiro atoms. The minimum atomic E-state index is -1.41. The number of ketones is 1. The van der Waals surface area contributed by atoms with E-state index >= 15 is 0 Å². The van der Waals surface area contributed by atoms with Crippen molar-refractivity contribution in [1.82, 2.24) is 0 Å². The third-order valence-corrected chi connectivity index (χ3v) is 4.27. The molecule has 0 amide bonds. The van der Waals surface area contributed by atoms with E-state index in [2.05, 4.69) is 0 Å². The minimum Gasteiger partial charge on any atom is -0.497 e. The Labute approximate surface area is 146 Å². The first-order valence-electron chi connectivity index (χ1n) is 7.75. The van der Waals surface area contributed by atoms with Gasteiger partial charge in [-0.15, -0.1) is 0 Å². The van der Waals surface area contributed by atoms with Crippen LogP contribution in [-0.2, 0) is 11.2 Å². The zero-order valence-electron chi connectivity index (χ0n) is 14.6. The average Bonchev–Trinajstić information content (AvgIpc) is 2.93. The summed E-state index contributed by atoms with van der Waals surface area (Å²) in [6, 6.07) is 10.5. The minimum absolute atomic E-state index is 0.220. The lowest BCUT2D eigenvalue weighted by Gasteiger charge is -2.25. The van der Waals surface area contributed by atoms with Gasteiger partial charge in [-0.2, -0.15) is 0 Å². The van der Waals surface area contributed by atoms with E-state index in [1.165, 1.54) is 7.11 Å². The van der Waals surface area contributed by atoms with Crippen LogP contribution < -0.4 is 18.9 Å². The third-order valence-electron chi connectivity index (χ3n) is 4.27. The van der Waals surface area contributed by atoms with E-state index < -0.39 is 5.79 Å². The second-order valence-electron chi connectivity index (χ2n) is 5.62. The van der Waals surface area contributed by atoms with Crippen molar-refractivity contribution < 1.29 is 28.5 Å². The molecule has 1 atom stereocenters. The van der Waals surface area contributed by atoms with Gasteiger partial charge in [0.15, 0.2) is 11.5 Å². The summed E-state index contributed by atoms with van der Waals surface area (Å²) in [6.07, 6.45) is 0.236. The van der Waals surface area contributed by atoms with Crippen LogP contribution in [0.3, 0.4) is 0 Å². The van der Waals surface area contributed by atoms with Gasteiger partial charge in [-0.3, -0.25) is 4.79 Å². The van der Waals surface area contributed by atoms with Crippen molar-refractivity contribution in [2.45, 2.75) is 12.2 Å². The highest BCUT2D eigenvalue weighted by molar-refractivity contribution is 6.06. The van der Waals surface area contributed by atoms with Crippen molar-refractivity contribution in [2.75, 3.05) is 28.4 Å². The molecule has 0 saturated carbocycles. The van der Waals surface area contributed by atoms with Crippen molar-refractivity contribution in [2.24, 2.45) is 0 Å². The highest BCUT2D eigenvalue weighted by Crippen LogP contribution is 2.40. The molecule has 1 aliphatic rings. The van der Waals surface area contributed by atoms with E-state index in [0.29, 0.717) is 28.6 Å². The topological polar surface area (TPSA) is 63.2 Å². The Bertz CT molecular complexity index is 800. The number of fused-ring (bicyclic) bond motifs is 1. The highest BCUT2D eigenvalue weighted by atomic mass is 16.7. The van der Waals surface area contributed by atoms with E-state index in [-0.39, 0.29) is 12.2 Å². The van der Waals surface area contributed by atoms with Crippen molar-refractivity contribution in [3.05, 3.63) is 47.5 Å². The molecule has 1 aliphatic heterocycles. The van der Waals surface area contributed by atoms with E-state index in [9.17, 15) is 4.79 Å². The second kappa shape index (κ2) is 6.64. The van der Waals surface area contributed by atoms with Crippen LogP contribution >= 0.6 is 0 Å². The maximum absolute atomic E-state index is 12.9. The molecule has 0 aromatic heterocycles. The van der Waals surface area contributed by atoms with E-state index in [1.54, 1.807) is 51.7 Å². The van der Waals surface area contributed by atoms with Gasteiger partial charge in [0.1, 0.15) is 11.5 Å². The molecule has 1 heterocycles. The standard InChI is InChI=1S/C19H20O6/c1-21-13-6-7-14-16(10-13)25-19(24-4,18(14)20)11-12-5-8-15(22-2)17(9-12)23-3/h5-10H,11H2,1-4H3/t19-/m0/s1. The number of methoxy groups -OCH3 is 4. The summed E-state index contributed by atoms with van der Waals surface area (Å²) in [4.78, 5) is 12.9. The Balaban J connectivity index is 1.94. The van der Waals surface area contributed by atoms with Crippen LogP contribution in [0.1, 0.15) is 15.9 Å². The lowest BCUT2D eigenvalue weighted by atomic mass is 9.98. The molecule has 0 unspecified atom stereocenters. The number of carbonyl (C=O) groups is 1. The summed E-state index contributed by atoms with van der Waals surface area (Å²) in [7, 11) is 6.16. The molecule has 132 valence electrons. The normalized spacial score (nSPS) is 18.5. The van der Waals surface area contributed by atoms with Gasteiger partial charge in [-0.25, -0.2) is 0 Å². The maximum Gasteiger partial charge on any atom is 0.279 e. The molecule has 0 bridgehead atoms. The van der Waals surface area contributed by atoms with Crippen LogP contribution in [0.4, 0.5) is 0 Å². The van der Waals surface area contributed by atoms with Crippen LogP contribution in [0.2, 0.25) is 0 Å². The predicted molar refractivity (Wildman–Crippen MR) is 90.9 cm³/mol. The molecule has 6 heteroatoms. The molecule has 0 fully saturated rings. The smallest absolute Gasteiger partial charge is 0.279 e. The van der Waals surface area contributed by atoms with Crippen molar-refractivity contribution in [3.63, 3.8) is 0 Å². The Morgan fingerprint density at radius 3 is 2.32 bits per heavy atom. The second-order valence-corrected chi connectivity index (χ2v) is 5.62. The van der Waals surface area contributed by atoms with E-state index in [4.69, 9.17) is 23.7 Å². The van der Waals surface area contributed by atoms with Gasteiger partial charge in [0.25, 0.3) is 5.79 Å². The fraction of sp³-hybridized carbons (Fsp3) is 0.316. The molecule has 6 nitrogen and oxygen atoms in total. The average molecular weight is 344 g/mol. The quantitative estimate of drug-likeness (QED) is 0.803. The van der Waals surface area contributed by atoms with Crippen molar-refractivity contribution in [3.8, 4) is 23.0 Å². The van der Waals surface area contributed by atoms with Crippen molar-refractivity contribution >= 4 is 5.78 Å². The number of Topliss-reactive ketones (excluding diaryl/α,β-unsaturated/α-hetero) is 1. The molecule has 2 aromatic carbocycles. The maximum atomic E-state index is 12.9. The van der Waals surface area contributed by atoms with Gasteiger partial charge in [-0.05, 0) is 29.8 Å². The predicted octanol–water partition coefficient (Wildman–Crippen LogP) is 2.87. The molecule has 0 N–H and O–H groups in total. The molecule has 0 radical (unpaired) electrons. The lowest BCUT2D eigenvalue weighted by Crippen LogP contribution is -2.44. The summed E-state index contributed by atoms with van der Waals surface area (Å²) >= 11 is 0. The largest absolute Gasteiger partial charge is 0.497 e. The monoisotopic (exact) mass is 344 g/mol. The summed E-state index contributed by atoms with van der Waals surface area (Å²) in [6.45, 7) is 0. The fourth-order valence-electron chi connectivity index (χ4n) is 2.91. The summed E-state index contributed by atoms with van der Waals surface area (Å²) < 4.78 is 27.2. The van der Waals surface area contributed by atoms with E-state index in [0.717, 1.165) is 5.56 Å². The molecular formula is C19H20O6.